The van der Waals surface area contributed by atoms with Crippen molar-refractivity contribution < 1.29 is 33.5 Å². The summed E-state index contributed by atoms with van der Waals surface area (Å²) in [6.45, 7) is 3.27. The summed E-state index contributed by atoms with van der Waals surface area (Å²) in [4.78, 5) is 15.5. The first-order chi connectivity index (χ1) is 8.19. The van der Waals surface area contributed by atoms with E-state index in [1.54, 1.807) is 29.0 Å². The van der Waals surface area contributed by atoms with E-state index < -0.39 is 0 Å². The standard InChI is InChI=1S/C13H14N2O2.HI/c1-14-6-7-15(10-14)9-13(16)11-4-3-5-12(8-11)17-2;/h3-8H,9H2,1-2H3;1H/q+1;/p-1. The predicted octanol–water partition coefficient (Wildman–Crippen LogP) is -1.40. The number of methoxy groups -OCH3 is 1. The summed E-state index contributed by atoms with van der Waals surface area (Å²) in [7, 11) is 3.45. The fourth-order valence-electron chi connectivity index (χ4n) is 1.58. The number of nitrogens with zero attached hydrogens (tertiary/aromatic N) is 2. The normalized spacial score (nSPS) is 13.0. The molecule has 1 radical (unpaired) electrons. The van der Waals surface area contributed by atoms with Crippen molar-refractivity contribution in [2.75, 3.05) is 20.7 Å². The summed E-state index contributed by atoms with van der Waals surface area (Å²) in [5, 5.41) is 0. The van der Waals surface area contributed by atoms with Crippen LogP contribution in [0.2, 0.25) is 0 Å². The third-order valence-corrected chi connectivity index (χ3v) is 2.46. The maximum Gasteiger partial charge on any atom is 0.564 e. The van der Waals surface area contributed by atoms with Crippen molar-refractivity contribution in [1.29, 1.82) is 0 Å². The molecule has 0 unspecified atom stereocenters. The Balaban J connectivity index is 0.00000162. The van der Waals surface area contributed by atoms with Crippen molar-refractivity contribution >= 4 is 5.78 Å². The lowest BCUT2D eigenvalue weighted by molar-refractivity contribution is -0.0000117. The van der Waals surface area contributed by atoms with Gasteiger partial charge in [0, 0.05) is 5.56 Å². The number of rotatable bonds is 4. The van der Waals surface area contributed by atoms with Gasteiger partial charge in [-0.3, -0.25) is 4.79 Å². The summed E-state index contributed by atoms with van der Waals surface area (Å²) < 4.78 is 5.09. The van der Waals surface area contributed by atoms with Gasteiger partial charge < -0.3 is 28.7 Å². The third-order valence-electron chi connectivity index (χ3n) is 2.46. The van der Waals surface area contributed by atoms with Crippen LogP contribution in [0.25, 0.3) is 0 Å². The van der Waals surface area contributed by atoms with Crippen LogP contribution in [0.5, 0.6) is 5.75 Å². The maximum absolute atomic E-state index is 12.0. The van der Waals surface area contributed by atoms with Gasteiger partial charge >= 0.3 is 6.67 Å². The molecule has 1 aromatic rings. The molecule has 0 aliphatic carbocycles. The summed E-state index contributed by atoms with van der Waals surface area (Å²) in [5.74, 6) is 0.731. The zero-order valence-corrected chi connectivity index (χ0v) is 12.4. The molecule has 1 aliphatic heterocycles. The molecule has 0 atom stereocenters. The number of halogens is 1. The second-order valence-corrected chi connectivity index (χ2v) is 3.79. The zero-order chi connectivity index (χ0) is 12.3. The number of carbonyl (C=O) groups excluding carboxylic acids is 1. The van der Waals surface area contributed by atoms with Gasteiger partial charge in [0.2, 0.25) is 0 Å². The van der Waals surface area contributed by atoms with Crippen LogP contribution in [0.3, 0.4) is 0 Å². The smallest absolute Gasteiger partial charge is 0.564 e. The van der Waals surface area contributed by atoms with Crippen LogP contribution in [-0.4, -0.2) is 36.3 Å². The Bertz CT molecular complexity index is 448. The summed E-state index contributed by atoms with van der Waals surface area (Å²) in [6, 6.07) is 7.16. The summed E-state index contributed by atoms with van der Waals surface area (Å²) in [5.41, 5.74) is 0.647. The topological polar surface area (TPSA) is 32.8 Å². The number of ether oxygens (including phenoxy) is 1. The van der Waals surface area contributed by atoms with Crippen LogP contribution in [0.15, 0.2) is 36.7 Å². The van der Waals surface area contributed by atoms with E-state index in [2.05, 4.69) is 6.67 Å². The molecular weight excluding hydrogens is 343 g/mol. The number of Topliss-reactive ketones (excluding diaryl/α,β-unsaturated/α-hetero) is 1. The minimum absolute atomic E-state index is 0. The number of ketones is 1. The highest BCUT2D eigenvalue weighted by molar-refractivity contribution is 5.98. The van der Waals surface area contributed by atoms with E-state index in [-0.39, 0.29) is 36.3 Å². The number of benzene rings is 1. The van der Waals surface area contributed by atoms with E-state index in [1.165, 1.54) is 0 Å². The van der Waals surface area contributed by atoms with Gasteiger partial charge in [-0.1, -0.05) is 12.1 Å². The molecule has 2 rings (SSSR count). The third kappa shape index (κ3) is 3.56. The molecule has 0 saturated carbocycles. The highest BCUT2D eigenvalue weighted by Crippen LogP contribution is 2.15. The Morgan fingerprint density at radius 1 is 1.39 bits per heavy atom. The quantitative estimate of drug-likeness (QED) is 0.377. The number of carbonyl (C=O) groups is 1. The average molecular weight is 357 g/mol. The first-order valence-corrected chi connectivity index (χ1v) is 5.30. The molecule has 0 bridgehead atoms. The molecule has 5 heteroatoms. The van der Waals surface area contributed by atoms with Crippen molar-refractivity contribution in [3.05, 3.63) is 48.9 Å². The Morgan fingerprint density at radius 2 is 2.17 bits per heavy atom. The monoisotopic (exact) mass is 357 g/mol. The lowest BCUT2D eigenvalue weighted by Crippen LogP contribution is -3.00. The largest absolute Gasteiger partial charge is 1.00 e. The molecule has 0 fully saturated rings. The van der Waals surface area contributed by atoms with Gasteiger partial charge in [0.25, 0.3) is 0 Å². The molecule has 1 aliphatic rings. The Labute approximate surface area is 124 Å². The average Bonchev–Trinajstić information content (AvgIpc) is 2.75. The lowest BCUT2D eigenvalue weighted by atomic mass is 10.1. The zero-order valence-electron chi connectivity index (χ0n) is 10.3. The lowest BCUT2D eigenvalue weighted by Gasteiger charge is -2.04. The van der Waals surface area contributed by atoms with Gasteiger partial charge in [-0.2, -0.15) is 0 Å². The Kier molecular flexibility index (Phi) is 5.33. The van der Waals surface area contributed by atoms with Crippen molar-refractivity contribution in [2.45, 2.75) is 0 Å². The highest BCUT2D eigenvalue weighted by atomic mass is 127. The van der Waals surface area contributed by atoms with Gasteiger partial charge in [-0.05, 0) is 12.1 Å². The van der Waals surface area contributed by atoms with Gasteiger partial charge in [0.1, 0.15) is 12.3 Å². The number of hydrogen-bond acceptors (Lipinski definition) is 4. The van der Waals surface area contributed by atoms with E-state index in [9.17, 15) is 4.79 Å². The van der Waals surface area contributed by atoms with E-state index in [0.29, 0.717) is 11.3 Å². The second kappa shape index (κ2) is 6.53. The minimum Gasteiger partial charge on any atom is -1.00 e. The van der Waals surface area contributed by atoms with E-state index in [4.69, 9.17) is 4.74 Å². The molecule has 0 N–H and O–H groups in total. The molecule has 1 heterocycles. The van der Waals surface area contributed by atoms with Crippen LogP contribution in [0, 0.1) is 6.67 Å². The Hall–Kier alpha value is -1.37. The maximum atomic E-state index is 12.0. The predicted molar refractivity (Wildman–Crippen MR) is 64.2 cm³/mol. The van der Waals surface area contributed by atoms with Crippen LogP contribution in [-0.2, 0) is 0 Å². The van der Waals surface area contributed by atoms with Crippen molar-refractivity contribution in [3.63, 3.8) is 0 Å². The molecule has 0 spiro atoms. The Morgan fingerprint density at radius 3 is 2.78 bits per heavy atom. The van der Waals surface area contributed by atoms with Crippen LogP contribution >= 0.6 is 0 Å². The van der Waals surface area contributed by atoms with Gasteiger partial charge in [0.15, 0.2) is 5.78 Å². The first-order valence-electron chi connectivity index (χ1n) is 5.30. The minimum atomic E-state index is 0. The van der Waals surface area contributed by atoms with Gasteiger partial charge in [0.05, 0.1) is 26.6 Å². The molecule has 4 nitrogen and oxygen atoms in total. The van der Waals surface area contributed by atoms with Gasteiger partial charge in [-0.15, -0.1) is 9.80 Å². The molecule has 0 amide bonds. The molecule has 95 valence electrons. The van der Waals surface area contributed by atoms with E-state index in [1.807, 2.05) is 31.6 Å². The molecule has 1 aromatic carbocycles. The van der Waals surface area contributed by atoms with Gasteiger partial charge in [-0.25, -0.2) is 0 Å². The molecule has 0 saturated heterocycles. The number of hydrogen-bond donors (Lipinski definition) is 0. The van der Waals surface area contributed by atoms with Crippen LogP contribution in [0.1, 0.15) is 10.4 Å². The molecular formula is C13H14IN2O2. The van der Waals surface area contributed by atoms with Crippen LogP contribution in [0.4, 0.5) is 0 Å². The van der Waals surface area contributed by atoms with Crippen LogP contribution < -0.4 is 28.7 Å². The first kappa shape index (κ1) is 14.7. The van der Waals surface area contributed by atoms with Crippen molar-refractivity contribution in [2.24, 2.45) is 0 Å². The molecule has 0 aromatic heterocycles. The molecule has 18 heavy (non-hydrogen) atoms. The van der Waals surface area contributed by atoms with E-state index >= 15 is 0 Å². The summed E-state index contributed by atoms with van der Waals surface area (Å²) >= 11 is 0. The van der Waals surface area contributed by atoms with Crippen molar-refractivity contribution in [1.82, 2.24) is 9.80 Å². The highest BCUT2D eigenvalue weighted by Gasteiger charge is 2.29. The SMILES string of the molecule is COc1cccc(C(=O)CN2[C+]N(C)C=C2)c1.[I-]. The summed E-state index contributed by atoms with van der Waals surface area (Å²) in [6.07, 6.45) is 3.66. The second-order valence-electron chi connectivity index (χ2n) is 3.79. The fraction of sp³-hybridized carbons (Fsp3) is 0.231. The fourth-order valence-corrected chi connectivity index (χ4v) is 1.58. The van der Waals surface area contributed by atoms with Crippen molar-refractivity contribution in [3.8, 4) is 5.75 Å². The van der Waals surface area contributed by atoms with E-state index in [0.717, 1.165) is 0 Å².